The number of carbonyl (C=O) groups excluding carboxylic acids is 1. The highest BCUT2D eigenvalue weighted by Gasteiger charge is 2.30. The second-order valence-corrected chi connectivity index (χ2v) is 4.56. The highest BCUT2D eigenvalue weighted by Crippen LogP contribution is 2.19. The highest BCUT2D eigenvalue weighted by molar-refractivity contribution is 5.91. The summed E-state index contributed by atoms with van der Waals surface area (Å²) >= 11 is 0. The molecule has 0 aliphatic carbocycles. The molecule has 1 fully saturated rings. The monoisotopic (exact) mass is 290 g/mol. The minimum atomic E-state index is -0.185. The number of likely N-dealkylation sites (tertiary alicyclic amines) is 1. The highest BCUT2D eigenvalue weighted by atomic mass is 16.5. The number of hydrogen-bond donors (Lipinski definition) is 0. The maximum Gasteiger partial charge on any atom is 0.292 e. The van der Waals surface area contributed by atoms with Crippen LogP contribution in [0.1, 0.15) is 17.0 Å². The van der Waals surface area contributed by atoms with Crippen molar-refractivity contribution in [2.75, 3.05) is 20.2 Å². The van der Waals surface area contributed by atoms with Crippen molar-refractivity contribution >= 4 is 5.91 Å². The van der Waals surface area contributed by atoms with E-state index in [0.29, 0.717) is 24.8 Å². The fourth-order valence-corrected chi connectivity index (χ4v) is 2.15. The van der Waals surface area contributed by atoms with Crippen LogP contribution in [-0.4, -0.2) is 52.2 Å². The summed E-state index contributed by atoms with van der Waals surface area (Å²) in [5.74, 6) is 0.820. The lowest BCUT2D eigenvalue weighted by Crippen LogP contribution is -2.30. The van der Waals surface area contributed by atoms with Crippen LogP contribution in [-0.2, 0) is 0 Å². The summed E-state index contributed by atoms with van der Waals surface area (Å²) in [6, 6.07) is 1.55. The first-order chi connectivity index (χ1) is 10.3. The van der Waals surface area contributed by atoms with Gasteiger partial charge in [0.2, 0.25) is 17.5 Å². The lowest BCUT2D eigenvalue weighted by Gasteiger charge is -2.15. The molecule has 3 heterocycles. The van der Waals surface area contributed by atoms with Gasteiger partial charge in [-0.05, 0) is 0 Å². The molecule has 21 heavy (non-hydrogen) atoms. The van der Waals surface area contributed by atoms with Crippen molar-refractivity contribution in [3.8, 4) is 11.8 Å². The minimum Gasteiger partial charge on any atom is -0.480 e. The molecule has 1 saturated heterocycles. The second kappa shape index (κ2) is 5.78. The van der Waals surface area contributed by atoms with Gasteiger partial charge in [0.25, 0.3) is 5.91 Å². The van der Waals surface area contributed by atoms with Gasteiger partial charge in [-0.1, -0.05) is 5.16 Å². The lowest BCUT2D eigenvalue weighted by atomic mass is 10.3. The average molecular weight is 290 g/mol. The molecule has 110 valence electrons. The largest absolute Gasteiger partial charge is 0.480 e. The van der Waals surface area contributed by atoms with Crippen molar-refractivity contribution in [1.29, 1.82) is 0 Å². The summed E-state index contributed by atoms with van der Waals surface area (Å²) in [7, 11) is 1.52. The first-order valence-electron chi connectivity index (χ1n) is 6.49. The predicted octanol–water partition coefficient (Wildman–Crippen LogP) is 0.767. The fourth-order valence-electron chi connectivity index (χ4n) is 2.15. The van der Waals surface area contributed by atoms with E-state index in [-0.39, 0.29) is 17.8 Å². The van der Waals surface area contributed by atoms with E-state index in [0.717, 1.165) is 6.42 Å². The van der Waals surface area contributed by atoms with Crippen molar-refractivity contribution in [3.05, 3.63) is 30.4 Å². The minimum absolute atomic E-state index is 0.127. The summed E-state index contributed by atoms with van der Waals surface area (Å²) in [5, 5.41) is 3.53. The van der Waals surface area contributed by atoms with Gasteiger partial charge in [-0.15, -0.1) is 0 Å². The van der Waals surface area contributed by atoms with Crippen LogP contribution in [0.3, 0.4) is 0 Å². The molecule has 1 amide bonds. The molecular weight excluding hydrogens is 276 g/mol. The van der Waals surface area contributed by atoms with Gasteiger partial charge >= 0.3 is 0 Å². The molecule has 3 rings (SSSR count). The zero-order valence-electron chi connectivity index (χ0n) is 11.4. The number of nitrogens with zero attached hydrogens (tertiary/aromatic N) is 4. The van der Waals surface area contributed by atoms with Crippen molar-refractivity contribution in [2.45, 2.75) is 12.5 Å². The van der Waals surface area contributed by atoms with E-state index in [1.807, 2.05) is 0 Å². The quantitative estimate of drug-likeness (QED) is 0.821. The van der Waals surface area contributed by atoms with E-state index in [9.17, 15) is 4.79 Å². The van der Waals surface area contributed by atoms with Gasteiger partial charge in [0.05, 0.1) is 32.2 Å². The summed E-state index contributed by atoms with van der Waals surface area (Å²) in [6.45, 7) is 1.07. The van der Waals surface area contributed by atoms with Crippen LogP contribution in [0, 0.1) is 0 Å². The number of amides is 1. The first-order valence-corrected chi connectivity index (χ1v) is 6.49. The van der Waals surface area contributed by atoms with E-state index in [2.05, 4.69) is 15.1 Å². The number of rotatable bonds is 4. The maximum atomic E-state index is 12.1. The van der Waals surface area contributed by atoms with Gasteiger partial charge in [-0.3, -0.25) is 9.78 Å². The van der Waals surface area contributed by atoms with E-state index in [1.54, 1.807) is 11.0 Å². The van der Waals surface area contributed by atoms with Crippen LogP contribution in [0.25, 0.3) is 0 Å². The van der Waals surface area contributed by atoms with Crippen molar-refractivity contribution in [2.24, 2.45) is 0 Å². The molecule has 1 aliphatic heterocycles. The van der Waals surface area contributed by atoms with Crippen molar-refractivity contribution in [3.63, 3.8) is 0 Å². The molecular formula is C13H14N4O4. The molecule has 0 bridgehead atoms. The molecule has 8 heteroatoms. The van der Waals surface area contributed by atoms with Crippen LogP contribution < -0.4 is 9.47 Å². The molecule has 2 aromatic heterocycles. The zero-order chi connectivity index (χ0) is 14.7. The molecule has 0 radical (unpaired) electrons. The van der Waals surface area contributed by atoms with Gasteiger partial charge in [0.15, 0.2) is 0 Å². The van der Waals surface area contributed by atoms with E-state index >= 15 is 0 Å². The molecule has 1 atom stereocenters. The van der Waals surface area contributed by atoms with Gasteiger partial charge in [-0.2, -0.15) is 4.98 Å². The van der Waals surface area contributed by atoms with E-state index < -0.39 is 0 Å². The third-order valence-corrected chi connectivity index (χ3v) is 3.17. The maximum absolute atomic E-state index is 12.1. The number of ether oxygens (including phenoxy) is 2. The normalized spacial score (nSPS) is 17.8. The number of aromatic nitrogens is 3. The van der Waals surface area contributed by atoms with Crippen LogP contribution in [0.5, 0.6) is 11.8 Å². The second-order valence-electron chi connectivity index (χ2n) is 4.56. The Kier molecular flexibility index (Phi) is 3.67. The molecule has 0 spiro atoms. The summed E-state index contributed by atoms with van der Waals surface area (Å²) in [5.41, 5.74) is 0. The first kappa shape index (κ1) is 13.3. The van der Waals surface area contributed by atoms with Crippen LogP contribution >= 0.6 is 0 Å². The standard InChI is InChI=1S/C13H14N4O4/c1-19-11-6-14-7-12(16-11)20-9-3-5-17(8-9)13(18)10-2-4-15-21-10/h2,4,6-7,9H,3,5,8H2,1H3/t9-/m1/s1. The Morgan fingerprint density at radius 3 is 3.05 bits per heavy atom. The topological polar surface area (TPSA) is 90.6 Å². The third-order valence-electron chi connectivity index (χ3n) is 3.17. The van der Waals surface area contributed by atoms with E-state index in [1.165, 1.54) is 25.7 Å². The van der Waals surface area contributed by atoms with E-state index in [4.69, 9.17) is 14.0 Å². The van der Waals surface area contributed by atoms with Gasteiger partial charge < -0.3 is 18.9 Å². The molecule has 0 saturated carbocycles. The molecule has 1 aliphatic rings. The Bertz CT molecular complexity index is 616. The van der Waals surface area contributed by atoms with Crippen LogP contribution in [0.15, 0.2) is 29.2 Å². The summed E-state index contributed by atoms with van der Waals surface area (Å²) in [4.78, 5) is 21.9. The van der Waals surface area contributed by atoms with Crippen molar-refractivity contribution in [1.82, 2.24) is 20.0 Å². The Morgan fingerprint density at radius 1 is 1.43 bits per heavy atom. The number of hydrogen-bond acceptors (Lipinski definition) is 7. The Morgan fingerprint density at radius 2 is 2.29 bits per heavy atom. The molecule has 0 unspecified atom stereocenters. The third kappa shape index (κ3) is 2.93. The molecule has 0 aromatic carbocycles. The average Bonchev–Trinajstić information content (AvgIpc) is 3.18. The SMILES string of the molecule is COc1cncc(O[C@@H]2CCN(C(=O)c3ccno3)C2)n1. The fraction of sp³-hybridized carbons (Fsp3) is 0.385. The molecule has 8 nitrogen and oxygen atoms in total. The van der Waals surface area contributed by atoms with Crippen LogP contribution in [0.2, 0.25) is 0 Å². The van der Waals surface area contributed by atoms with Crippen molar-refractivity contribution < 1.29 is 18.8 Å². The lowest BCUT2D eigenvalue weighted by molar-refractivity contribution is 0.0729. The Labute approximate surface area is 120 Å². The summed E-state index contributed by atoms with van der Waals surface area (Å²) in [6.07, 6.45) is 5.06. The Balaban J connectivity index is 1.60. The van der Waals surface area contributed by atoms with Gasteiger partial charge in [0, 0.05) is 19.0 Å². The smallest absolute Gasteiger partial charge is 0.292 e. The number of carbonyl (C=O) groups is 1. The Hall–Kier alpha value is -2.64. The summed E-state index contributed by atoms with van der Waals surface area (Å²) < 4.78 is 15.6. The van der Waals surface area contributed by atoms with Gasteiger partial charge in [0.1, 0.15) is 6.10 Å². The number of methoxy groups -OCH3 is 1. The molecule has 2 aromatic rings. The zero-order valence-corrected chi connectivity index (χ0v) is 11.4. The van der Waals surface area contributed by atoms with Crippen LogP contribution in [0.4, 0.5) is 0 Å². The molecule has 0 N–H and O–H groups in total. The van der Waals surface area contributed by atoms with Gasteiger partial charge in [-0.25, -0.2) is 0 Å². The predicted molar refractivity (Wildman–Crippen MR) is 70.0 cm³/mol.